The van der Waals surface area contributed by atoms with Crippen molar-refractivity contribution in [3.05, 3.63) is 35.4 Å². The van der Waals surface area contributed by atoms with Gasteiger partial charge in [-0.2, -0.15) is 0 Å². The third-order valence-electron chi connectivity index (χ3n) is 3.49. The molecule has 2 heteroatoms. The van der Waals surface area contributed by atoms with Gasteiger partial charge in [0, 0.05) is 19.1 Å². The van der Waals surface area contributed by atoms with Crippen LogP contribution in [0.25, 0.3) is 0 Å². The predicted molar refractivity (Wildman–Crippen MR) is 77.7 cm³/mol. The van der Waals surface area contributed by atoms with Gasteiger partial charge in [0.25, 0.3) is 0 Å². The molecule has 1 N–H and O–H groups in total. The molecule has 1 fully saturated rings. The van der Waals surface area contributed by atoms with E-state index in [0.717, 1.165) is 31.6 Å². The summed E-state index contributed by atoms with van der Waals surface area (Å²) in [6.45, 7) is 7.86. The van der Waals surface area contributed by atoms with Crippen LogP contribution in [0, 0.1) is 12.8 Å². The lowest BCUT2D eigenvalue weighted by molar-refractivity contribution is 0.273. The summed E-state index contributed by atoms with van der Waals surface area (Å²) in [6.07, 6.45) is 2.76. The summed E-state index contributed by atoms with van der Waals surface area (Å²) >= 11 is 0. The number of rotatable bonds is 7. The molecule has 0 aliphatic heterocycles. The van der Waals surface area contributed by atoms with Crippen molar-refractivity contribution in [3.63, 3.8) is 0 Å². The Balaban J connectivity index is 1.71. The van der Waals surface area contributed by atoms with Crippen molar-refractivity contribution >= 4 is 0 Å². The molecule has 0 amide bonds. The first-order chi connectivity index (χ1) is 8.63. The van der Waals surface area contributed by atoms with Gasteiger partial charge >= 0.3 is 0 Å². The van der Waals surface area contributed by atoms with Gasteiger partial charge in [0.15, 0.2) is 0 Å². The van der Waals surface area contributed by atoms with Crippen molar-refractivity contribution < 1.29 is 0 Å². The highest BCUT2D eigenvalue weighted by molar-refractivity contribution is 5.21. The van der Waals surface area contributed by atoms with Crippen molar-refractivity contribution in [2.24, 2.45) is 5.92 Å². The Morgan fingerprint density at radius 1 is 1.39 bits per heavy atom. The molecule has 0 spiro atoms. The first-order valence-corrected chi connectivity index (χ1v) is 7.11. The van der Waals surface area contributed by atoms with Gasteiger partial charge in [-0.25, -0.2) is 0 Å². The lowest BCUT2D eigenvalue weighted by Gasteiger charge is -2.22. The Morgan fingerprint density at radius 2 is 2.17 bits per heavy atom. The summed E-state index contributed by atoms with van der Waals surface area (Å²) in [4.78, 5) is 2.42. The predicted octanol–water partition coefficient (Wildman–Crippen LogP) is 2.81. The molecule has 1 atom stereocenters. The van der Waals surface area contributed by atoms with Crippen molar-refractivity contribution in [2.45, 2.75) is 39.3 Å². The van der Waals surface area contributed by atoms with E-state index < -0.39 is 0 Å². The molecule has 100 valence electrons. The number of benzene rings is 1. The molecule has 2 nitrogen and oxygen atoms in total. The van der Waals surface area contributed by atoms with Crippen LogP contribution in [-0.2, 0) is 6.54 Å². The average Bonchev–Trinajstić information content (AvgIpc) is 3.09. The Morgan fingerprint density at radius 3 is 2.83 bits per heavy atom. The van der Waals surface area contributed by atoms with Crippen molar-refractivity contribution in [1.29, 1.82) is 0 Å². The molecular weight excluding hydrogens is 220 g/mol. The van der Waals surface area contributed by atoms with Gasteiger partial charge in [-0.1, -0.05) is 36.8 Å². The second kappa shape index (κ2) is 6.35. The molecule has 1 aliphatic rings. The molecule has 1 saturated carbocycles. The first kappa shape index (κ1) is 13.6. The second-order valence-electron chi connectivity index (χ2n) is 5.97. The zero-order valence-corrected chi connectivity index (χ0v) is 11.9. The lowest BCUT2D eigenvalue weighted by atomic mass is 10.1. The number of hydrogen-bond acceptors (Lipinski definition) is 2. The molecule has 0 saturated heterocycles. The monoisotopic (exact) mass is 246 g/mol. The fraction of sp³-hybridized carbons (Fsp3) is 0.625. The van der Waals surface area contributed by atoms with E-state index in [0.29, 0.717) is 0 Å². The lowest BCUT2D eigenvalue weighted by Crippen LogP contribution is -2.31. The van der Waals surface area contributed by atoms with Gasteiger partial charge in [0.2, 0.25) is 0 Å². The molecule has 1 aromatic rings. The van der Waals surface area contributed by atoms with Crippen LogP contribution in [0.1, 0.15) is 30.9 Å². The fourth-order valence-electron chi connectivity index (χ4n) is 2.44. The largest absolute Gasteiger partial charge is 0.314 e. The van der Waals surface area contributed by atoms with Gasteiger partial charge in [-0.05, 0) is 44.8 Å². The molecule has 18 heavy (non-hydrogen) atoms. The van der Waals surface area contributed by atoms with Crippen LogP contribution in [0.3, 0.4) is 0 Å². The summed E-state index contributed by atoms with van der Waals surface area (Å²) in [5, 5.41) is 3.61. The van der Waals surface area contributed by atoms with Gasteiger partial charge in [-0.3, -0.25) is 0 Å². The normalized spacial score (nSPS) is 17.1. The van der Waals surface area contributed by atoms with E-state index in [1.807, 2.05) is 0 Å². The third-order valence-corrected chi connectivity index (χ3v) is 3.49. The minimum atomic E-state index is 0.723. The molecule has 0 radical (unpaired) electrons. The highest BCUT2D eigenvalue weighted by atomic mass is 15.1. The van der Waals surface area contributed by atoms with Gasteiger partial charge < -0.3 is 10.2 Å². The van der Waals surface area contributed by atoms with E-state index in [2.05, 4.69) is 55.4 Å². The Bertz CT molecular complexity index is 371. The molecule has 1 aromatic carbocycles. The number of aryl methyl sites for hydroxylation is 1. The molecule has 0 aromatic heterocycles. The maximum atomic E-state index is 3.61. The molecule has 0 bridgehead atoms. The standard InChI is InChI=1S/C16H26N2/c1-13-5-4-6-15(9-13)12-18(3)11-14(2)10-17-16-7-8-16/h4-6,9,14,16-17H,7-8,10-12H2,1-3H3. The first-order valence-electron chi connectivity index (χ1n) is 7.11. The zero-order chi connectivity index (χ0) is 13.0. The van der Waals surface area contributed by atoms with Crippen LogP contribution in [0.2, 0.25) is 0 Å². The van der Waals surface area contributed by atoms with E-state index in [1.165, 1.54) is 24.0 Å². The van der Waals surface area contributed by atoms with Crippen LogP contribution in [0.5, 0.6) is 0 Å². The Labute approximate surface area is 111 Å². The van der Waals surface area contributed by atoms with E-state index in [9.17, 15) is 0 Å². The number of hydrogen-bond donors (Lipinski definition) is 1. The van der Waals surface area contributed by atoms with E-state index in [-0.39, 0.29) is 0 Å². The summed E-state index contributed by atoms with van der Waals surface area (Å²) in [5.74, 6) is 0.723. The summed E-state index contributed by atoms with van der Waals surface area (Å²) in [5.41, 5.74) is 2.77. The van der Waals surface area contributed by atoms with Crippen LogP contribution in [-0.4, -0.2) is 31.1 Å². The maximum absolute atomic E-state index is 3.61. The number of nitrogens with one attached hydrogen (secondary N) is 1. The highest BCUT2D eigenvalue weighted by Crippen LogP contribution is 2.18. The van der Waals surface area contributed by atoms with Crippen LogP contribution >= 0.6 is 0 Å². The minimum Gasteiger partial charge on any atom is -0.314 e. The average molecular weight is 246 g/mol. The smallest absolute Gasteiger partial charge is 0.0230 e. The SMILES string of the molecule is Cc1cccc(CN(C)CC(C)CNC2CC2)c1. The molecular formula is C16H26N2. The van der Waals surface area contributed by atoms with Crippen molar-refractivity contribution in [3.8, 4) is 0 Å². The minimum absolute atomic E-state index is 0.723. The Kier molecular flexibility index (Phi) is 4.79. The van der Waals surface area contributed by atoms with Gasteiger partial charge in [-0.15, -0.1) is 0 Å². The molecule has 2 rings (SSSR count). The van der Waals surface area contributed by atoms with Gasteiger partial charge in [0.05, 0.1) is 0 Å². The van der Waals surface area contributed by atoms with Crippen LogP contribution in [0.15, 0.2) is 24.3 Å². The molecule has 0 heterocycles. The van der Waals surface area contributed by atoms with E-state index in [1.54, 1.807) is 0 Å². The Hall–Kier alpha value is -0.860. The van der Waals surface area contributed by atoms with Crippen molar-refractivity contribution in [2.75, 3.05) is 20.1 Å². The topological polar surface area (TPSA) is 15.3 Å². The summed E-state index contributed by atoms with van der Waals surface area (Å²) < 4.78 is 0. The van der Waals surface area contributed by atoms with Crippen LogP contribution in [0.4, 0.5) is 0 Å². The van der Waals surface area contributed by atoms with Gasteiger partial charge in [0.1, 0.15) is 0 Å². The number of nitrogens with zero attached hydrogens (tertiary/aromatic N) is 1. The zero-order valence-electron chi connectivity index (χ0n) is 11.9. The van der Waals surface area contributed by atoms with E-state index in [4.69, 9.17) is 0 Å². The summed E-state index contributed by atoms with van der Waals surface area (Å²) in [6, 6.07) is 9.64. The fourth-order valence-corrected chi connectivity index (χ4v) is 2.44. The quantitative estimate of drug-likeness (QED) is 0.796. The molecule has 1 aliphatic carbocycles. The highest BCUT2D eigenvalue weighted by Gasteiger charge is 2.21. The third kappa shape index (κ3) is 4.79. The molecule has 1 unspecified atom stereocenters. The van der Waals surface area contributed by atoms with E-state index >= 15 is 0 Å². The van der Waals surface area contributed by atoms with Crippen LogP contribution < -0.4 is 5.32 Å². The summed E-state index contributed by atoms with van der Waals surface area (Å²) in [7, 11) is 2.22. The maximum Gasteiger partial charge on any atom is 0.0230 e. The van der Waals surface area contributed by atoms with Crippen molar-refractivity contribution in [1.82, 2.24) is 10.2 Å². The second-order valence-corrected chi connectivity index (χ2v) is 5.97.